The van der Waals surface area contributed by atoms with Crippen LogP contribution in [0.5, 0.6) is 5.75 Å². The monoisotopic (exact) mass is 452 g/mol. The second-order valence-electron chi connectivity index (χ2n) is 7.04. The summed E-state index contributed by atoms with van der Waals surface area (Å²) in [4.78, 5) is 29.5. The van der Waals surface area contributed by atoms with Gasteiger partial charge in [0, 0.05) is 25.0 Å². The Bertz CT molecular complexity index is 832. The van der Waals surface area contributed by atoms with Crippen LogP contribution in [0.4, 0.5) is 0 Å². The first-order valence-electron chi connectivity index (χ1n) is 10.5. The van der Waals surface area contributed by atoms with Gasteiger partial charge in [-0.1, -0.05) is 26.0 Å². The number of ether oxygens (including phenoxy) is 3. The van der Waals surface area contributed by atoms with E-state index in [0.717, 1.165) is 6.42 Å². The SMILES string of the molecule is C=CCOc1cc(C(CCC)NC(=O)C2CSC(C(C)(OCC)OCC)=N2)oc(=O)c1. The lowest BCUT2D eigenvalue weighted by molar-refractivity contribution is -0.168. The minimum Gasteiger partial charge on any atom is -0.489 e. The molecule has 2 atom stereocenters. The molecule has 1 amide bonds. The molecule has 0 fully saturated rings. The molecule has 1 N–H and O–H groups in total. The van der Waals surface area contributed by atoms with Crippen LogP contribution in [-0.4, -0.2) is 48.4 Å². The second kappa shape index (κ2) is 12.1. The fraction of sp³-hybridized carbons (Fsp3) is 0.591. The fourth-order valence-electron chi connectivity index (χ4n) is 3.20. The maximum Gasteiger partial charge on any atom is 0.339 e. The molecule has 1 aromatic heterocycles. The van der Waals surface area contributed by atoms with Crippen LogP contribution in [-0.2, 0) is 14.3 Å². The van der Waals surface area contributed by atoms with E-state index in [1.54, 1.807) is 12.1 Å². The van der Waals surface area contributed by atoms with E-state index in [-0.39, 0.29) is 12.5 Å². The highest BCUT2D eigenvalue weighted by Crippen LogP contribution is 2.30. The van der Waals surface area contributed by atoms with Crippen molar-refractivity contribution in [2.24, 2.45) is 4.99 Å². The van der Waals surface area contributed by atoms with Gasteiger partial charge in [0.2, 0.25) is 11.7 Å². The summed E-state index contributed by atoms with van der Waals surface area (Å²) in [7, 11) is 0. The van der Waals surface area contributed by atoms with Crippen LogP contribution in [0.1, 0.15) is 52.3 Å². The maximum absolute atomic E-state index is 13.0. The number of carbonyl (C=O) groups is 1. The van der Waals surface area contributed by atoms with E-state index >= 15 is 0 Å². The van der Waals surface area contributed by atoms with E-state index in [2.05, 4.69) is 16.9 Å². The van der Waals surface area contributed by atoms with Crippen LogP contribution in [0, 0.1) is 0 Å². The normalized spacial score (nSPS) is 17.2. The first kappa shape index (κ1) is 25.2. The Balaban J connectivity index is 2.18. The van der Waals surface area contributed by atoms with Crippen molar-refractivity contribution in [2.45, 2.75) is 58.4 Å². The lowest BCUT2D eigenvalue weighted by Gasteiger charge is -2.28. The number of amides is 1. The standard InChI is InChI=1S/C22H32N2O6S/c1-6-10-16(18-12-15(27-11-7-2)13-19(25)30-18)23-20(26)17-14-31-21(24-17)22(5,28-8-3)29-9-4/h7,12-13,16-17H,2,6,8-11,14H2,1,3-5H3,(H,23,26). The molecule has 31 heavy (non-hydrogen) atoms. The Morgan fingerprint density at radius 2 is 2.10 bits per heavy atom. The van der Waals surface area contributed by atoms with Gasteiger partial charge in [0.1, 0.15) is 29.2 Å². The van der Waals surface area contributed by atoms with Crippen molar-refractivity contribution in [2.75, 3.05) is 25.6 Å². The van der Waals surface area contributed by atoms with Gasteiger partial charge in [-0.2, -0.15) is 0 Å². The summed E-state index contributed by atoms with van der Waals surface area (Å²) in [5.41, 5.74) is -0.534. The highest BCUT2D eigenvalue weighted by atomic mass is 32.2. The molecule has 9 heteroatoms. The van der Waals surface area contributed by atoms with Crippen molar-refractivity contribution in [3.8, 4) is 5.75 Å². The summed E-state index contributed by atoms with van der Waals surface area (Å²) in [5, 5.41) is 3.62. The van der Waals surface area contributed by atoms with E-state index < -0.39 is 23.5 Å². The van der Waals surface area contributed by atoms with Crippen molar-refractivity contribution in [1.29, 1.82) is 0 Å². The zero-order valence-corrected chi connectivity index (χ0v) is 19.5. The lowest BCUT2D eigenvalue weighted by atomic mass is 10.1. The Hall–Kier alpha value is -2.10. The van der Waals surface area contributed by atoms with Gasteiger partial charge >= 0.3 is 5.63 Å². The maximum atomic E-state index is 13.0. The molecule has 0 saturated carbocycles. The first-order chi connectivity index (χ1) is 14.9. The van der Waals surface area contributed by atoms with Gasteiger partial charge < -0.3 is 23.9 Å². The summed E-state index contributed by atoms with van der Waals surface area (Å²) in [6.07, 6.45) is 2.98. The Morgan fingerprint density at radius 3 is 2.71 bits per heavy atom. The van der Waals surface area contributed by atoms with E-state index in [4.69, 9.17) is 18.6 Å². The number of nitrogens with one attached hydrogen (secondary N) is 1. The summed E-state index contributed by atoms with van der Waals surface area (Å²) in [6.45, 7) is 12.4. The predicted octanol–water partition coefficient (Wildman–Crippen LogP) is 3.47. The van der Waals surface area contributed by atoms with Gasteiger partial charge in [-0.05, 0) is 27.2 Å². The largest absolute Gasteiger partial charge is 0.489 e. The average Bonchev–Trinajstić information content (AvgIpc) is 3.23. The Labute approximate surface area is 187 Å². The molecule has 0 bridgehead atoms. The molecule has 0 radical (unpaired) electrons. The molecule has 1 aliphatic heterocycles. The molecule has 2 rings (SSSR count). The minimum atomic E-state index is -0.963. The van der Waals surface area contributed by atoms with Crippen molar-refractivity contribution < 1.29 is 23.4 Å². The molecule has 0 aliphatic carbocycles. The summed E-state index contributed by atoms with van der Waals surface area (Å²) in [5.74, 6) is 0.0153. The quantitative estimate of drug-likeness (QED) is 0.361. The third-order valence-electron chi connectivity index (χ3n) is 4.55. The van der Waals surface area contributed by atoms with Crippen LogP contribution in [0.3, 0.4) is 0 Å². The molecule has 0 spiro atoms. The molecular weight excluding hydrogens is 420 g/mol. The smallest absolute Gasteiger partial charge is 0.339 e. The van der Waals surface area contributed by atoms with Crippen molar-refractivity contribution in [3.63, 3.8) is 0 Å². The van der Waals surface area contributed by atoms with Crippen LogP contribution in [0.15, 0.2) is 39.0 Å². The highest BCUT2D eigenvalue weighted by molar-refractivity contribution is 8.14. The van der Waals surface area contributed by atoms with Gasteiger partial charge in [-0.25, -0.2) is 4.79 Å². The van der Waals surface area contributed by atoms with Gasteiger partial charge in [0.05, 0.1) is 12.1 Å². The van der Waals surface area contributed by atoms with Crippen molar-refractivity contribution in [1.82, 2.24) is 5.32 Å². The average molecular weight is 453 g/mol. The number of rotatable bonds is 13. The zero-order valence-electron chi connectivity index (χ0n) is 18.6. The highest BCUT2D eigenvalue weighted by Gasteiger charge is 2.39. The van der Waals surface area contributed by atoms with Gasteiger partial charge in [0.25, 0.3) is 0 Å². The van der Waals surface area contributed by atoms with Gasteiger partial charge in [-0.15, -0.1) is 11.8 Å². The summed E-state index contributed by atoms with van der Waals surface area (Å²) >= 11 is 1.45. The third kappa shape index (κ3) is 6.95. The van der Waals surface area contributed by atoms with Crippen molar-refractivity contribution in [3.05, 3.63) is 41.0 Å². The van der Waals surface area contributed by atoms with E-state index in [0.29, 0.717) is 41.9 Å². The number of nitrogens with zero attached hydrogens (tertiary/aromatic N) is 1. The van der Waals surface area contributed by atoms with E-state index in [1.165, 1.54) is 17.8 Å². The first-order valence-corrected chi connectivity index (χ1v) is 11.5. The molecule has 0 aromatic carbocycles. The molecule has 8 nitrogen and oxygen atoms in total. The number of hydrogen-bond donors (Lipinski definition) is 1. The van der Waals surface area contributed by atoms with Crippen LogP contribution in [0.25, 0.3) is 0 Å². The second-order valence-corrected chi connectivity index (χ2v) is 8.05. The van der Waals surface area contributed by atoms with Crippen LogP contribution in [0.2, 0.25) is 0 Å². The van der Waals surface area contributed by atoms with Crippen molar-refractivity contribution >= 4 is 22.7 Å². The lowest BCUT2D eigenvalue weighted by Crippen LogP contribution is -2.40. The molecule has 0 saturated heterocycles. The predicted molar refractivity (Wildman–Crippen MR) is 122 cm³/mol. The van der Waals surface area contributed by atoms with Gasteiger partial charge in [0.15, 0.2) is 0 Å². The van der Waals surface area contributed by atoms with Crippen LogP contribution >= 0.6 is 11.8 Å². The minimum absolute atomic E-state index is 0.239. The summed E-state index contributed by atoms with van der Waals surface area (Å²) < 4.78 is 22.3. The molecule has 2 heterocycles. The molecule has 1 aromatic rings. The zero-order chi connectivity index (χ0) is 22.9. The molecule has 172 valence electrons. The van der Waals surface area contributed by atoms with Gasteiger partial charge in [-0.3, -0.25) is 9.79 Å². The number of thioether (sulfide) groups is 1. The van der Waals surface area contributed by atoms with E-state index in [1.807, 2.05) is 27.7 Å². The molecular formula is C22H32N2O6S. The fourth-order valence-corrected chi connectivity index (χ4v) is 4.32. The number of carbonyl (C=O) groups excluding carboxylic acids is 1. The topological polar surface area (TPSA) is 99.4 Å². The summed E-state index contributed by atoms with van der Waals surface area (Å²) in [6, 6.07) is 1.85. The van der Waals surface area contributed by atoms with Crippen LogP contribution < -0.4 is 15.7 Å². The number of hydrogen-bond acceptors (Lipinski definition) is 8. The molecule has 1 aliphatic rings. The number of aliphatic imine (C=N–C) groups is 1. The Morgan fingerprint density at radius 1 is 1.39 bits per heavy atom. The van der Waals surface area contributed by atoms with E-state index in [9.17, 15) is 9.59 Å². The molecule has 2 unspecified atom stereocenters. The third-order valence-corrected chi connectivity index (χ3v) is 5.78. The Kier molecular flexibility index (Phi) is 9.80.